The highest BCUT2D eigenvalue weighted by Gasteiger charge is 2.34. The summed E-state index contributed by atoms with van der Waals surface area (Å²) in [6.07, 6.45) is 6.23. The number of piperidine rings is 1. The molecule has 100 valence electrons. The highest BCUT2D eigenvalue weighted by molar-refractivity contribution is 7.89. The van der Waals surface area contributed by atoms with E-state index in [4.69, 9.17) is 0 Å². The van der Waals surface area contributed by atoms with Gasteiger partial charge in [-0.1, -0.05) is 12.5 Å². The van der Waals surface area contributed by atoms with E-state index in [0.29, 0.717) is 18.8 Å². The standard InChI is InChI=1S/C11H18N4O2S/c1-2-3-8-18(16,17)15-7-5-4-6-10(15)11-12-9-13-14-11/h2,9-10H,1,3-8H2,(H,12,13,14). The first-order valence-electron chi connectivity index (χ1n) is 6.11. The normalized spacial score (nSPS) is 21.9. The van der Waals surface area contributed by atoms with E-state index in [9.17, 15) is 8.42 Å². The Kier molecular flexibility index (Phi) is 4.13. The summed E-state index contributed by atoms with van der Waals surface area (Å²) >= 11 is 0. The van der Waals surface area contributed by atoms with Gasteiger partial charge in [0, 0.05) is 6.54 Å². The third-order valence-electron chi connectivity index (χ3n) is 3.14. The predicted molar refractivity (Wildman–Crippen MR) is 68.3 cm³/mol. The number of hydrogen-bond acceptors (Lipinski definition) is 4. The van der Waals surface area contributed by atoms with Gasteiger partial charge in [-0.2, -0.15) is 9.40 Å². The summed E-state index contributed by atoms with van der Waals surface area (Å²) in [7, 11) is -3.25. The van der Waals surface area contributed by atoms with Gasteiger partial charge in [-0.05, 0) is 19.3 Å². The van der Waals surface area contributed by atoms with Gasteiger partial charge in [-0.15, -0.1) is 6.58 Å². The van der Waals surface area contributed by atoms with Crippen molar-refractivity contribution in [1.82, 2.24) is 19.5 Å². The van der Waals surface area contributed by atoms with E-state index in [0.717, 1.165) is 19.3 Å². The molecule has 0 spiro atoms. The van der Waals surface area contributed by atoms with E-state index in [1.165, 1.54) is 6.33 Å². The minimum atomic E-state index is -3.25. The predicted octanol–water partition coefficient (Wildman–Crippen LogP) is 1.24. The Bertz CT molecular complexity index is 483. The Labute approximate surface area is 107 Å². The summed E-state index contributed by atoms with van der Waals surface area (Å²) < 4.78 is 26.1. The van der Waals surface area contributed by atoms with Crippen LogP contribution in [0.5, 0.6) is 0 Å². The van der Waals surface area contributed by atoms with Crippen LogP contribution in [0.4, 0.5) is 0 Å². The molecule has 1 N–H and O–H groups in total. The number of aromatic nitrogens is 3. The molecule has 1 saturated heterocycles. The Balaban J connectivity index is 2.20. The van der Waals surface area contributed by atoms with Crippen molar-refractivity contribution in [3.05, 3.63) is 24.8 Å². The minimum Gasteiger partial charge on any atom is -0.262 e. The Morgan fingerprint density at radius 3 is 3.06 bits per heavy atom. The van der Waals surface area contributed by atoms with Crippen LogP contribution in [0.25, 0.3) is 0 Å². The summed E-state index contributed by atoms with van der Waals surface area (Å²) in [6.45, 7) is 4.13. The molecule has 1 atom stereocenters. The van der Waals surface area contributed by atoms with E-state index in [-0.39, 0.29) is 11.8 Å². The third kappa shape index (κ3) is 2.78. The molecular weight excluding hydrogens is 252 g/mol. The molecule has 2 heterocycles. The lowest BCUT2D eigenvalue weighted by Crippen LogP contribution is -2.40. The first-order chi connectivity index (χ1) is 8.65. The number of sulfonamides is 1. The molecule has 6 nitrogen and oxygen atoms in total. The van der Waals surface area contributed by atoms with Crippen LogP contribution >= 0.6 is 0 Å². The SMILES string of the molecule is C=CCCS(=O)(=O)N1CCCCC1c1ncn[nH]1. The molecule has 0 saturated carbocycles. The number of rotatable bonds is 5. The van der Waals surface area contributed by atoms with Gasteiger partial charge in [0.05, 0.1) is 11.8 Å². The quantitative estimate of drug-likeness (QED) is 0.816. The van der Waals surface area contributed by atoms with Crippen molar-refractivity contribution in [3.63, 3.8) is 0 Å². The van der Waals surface area contributed by atoms with Crippen molar-refractivity contribution in [2.24, 2.45) is 0 Å². The van der Waals surface area contributed by atoms with Crippen molar-refractivity contribution in [2.75, 3.05) is 12.3 Å². The molecule has 7 heteroatoms. The van der Waals surface area contributed by atoms with E-state index in [1.54, 1.807) is 10.4 Å². The van der Waals surface area contributed by atoms with E-state index in [1.807, 2.05) is 0 Å². The number of hydrogen-bond donors (Lipinski definition) is 1. The number of aromatic amines is 1. The number of allylic oxidation sites excluding steroid dienone is 1. The Morgan fingerprint density at radius 2 is 2.39 bits per heavy atom. The van der Waals surface area contributed by atoms with Gasteiger partial charge in [-0.25, -0.2) is 13.4 Å². The summed E-state index contributed by atoms with van der Waals surface area (Å²) in [5.41, 5.74) is 0. The van der Waals surface area contributed by atoms with Crippen molar-refractivity contribution >= 4 is 10.0 Å². The fourth-order valence-corrected chi connectivity index (χ4v) is 3.94. The first kappa shape index (κ1) is 13.2. The largest absolute Gasteiger partial charge is 0.262 e. The Morgan fingerprint density at radius 1 is 1.56 bits per heavy atom. The van der Waals surface area contributed by atoms with Crippen LogP contribution in [0.15, 0.2) is 19.0 Å². The zero-order valence-electron chi connectivity index (χ0n) is 10.2. The minimum absolute atomic E-state index is 0.112. The fraction of sp³-hybridized carbons (Fsp3) is 0.636. The van der Waals surface area contributed by atoms with Crippen molar-refractivity contribution in [1.29, 1.82) is 0 Å². The lowest BCUT2D eigenvalue weighted by Gasteiger charge is -2.33. The van der Waals surface area contributed by atoms with Gasteiger partial charge in [0.15, 0.2) is 0 Å². The van der Waals surface area contributed by atoms with Crippen LogP contribution in [-0.2, 0) is 10.0 Å². The molecule has 0 radical (unpaired) electrons. The summed E-state index contributed by atoms with van der Waals surface area (Å²) in [5, 5.41) is 6.58. The van der Waals surface area contributed by atoms with Crippen LogP contribution in [0.3, 0.4) is 0 Å². The van der Waals surface area contributed by atoms with Crippen LogP contribution in [0.1, 0.15) is 37.5 Å². The maximum Gasteiger partial charge on any atom is 0.215 e. The molecule has 1 aromatic heterocycles. The second-order valence-corrected chi connectivity index (χ2v) is 6.43. The van der Waals surface area contributed by atoms with Crippen LogP contribution < -0.4 is 0 Å². The van der Waals surface area contributed by atoms with Gasteiger partial charge in [0.2, 0.25) is 10.0 Å². The summed E-state index contributed by atoms with van der Waals surface area (Å²) in [5.74, 6) is 0.748. The first-order valence-corrected chi connectivity index (χ1v) is 7.72. The zero-order valence-corrected chi connectivity index (χ0v) is 11.1. The molecule has 1 unspecified atom stereocenters. The zero-order chi connectivity index (χ0) is 13.0. The van der Waals surface area contributed by atoms with Gasteiger partial charge in [0.1, 0.15) is 12.2 Å². The molecule has 2 rings (SSSR count). The maximum atomic E-state index is 12.3. The van der Waals surface area contributed by atoms with E-state index < -0.39 is 10.0 Å². The lowest BCUT2D eigenvalue weighted by molar-refractivity contribution is 0.247. The molecule has 1 fully saturated rings. The average Bonchev–Trinajstić information content (AvgIpc) is 2.90. The van der Waals surface area contributed by atoms with Gasteiger partial charge < -0.3 is 0 Å². The summed E-state index contributed by atoms with van der Waals surface area (Å²) in [4.78, 5) is 4.09. The Hall–Kier alpha value is -1.21. The molecule has 0 amide bonds. The summed E-state index contributed by atoms with van der Waals surface area (Å²) in [6, 6.07) is -0.198. The van der Waals surface area contributed by atoms with Crippen LogP contribution in [0, 0.1) is 0 Å². The third-order valence-corrected chi connectivity index (χ3v) is 5.04. The van der Waals surface area contributed by atoms with Crippen molar-refractivity contribution < 1.29 is 8.42 Å². The van der Waals surface area contributed by atoms with Gasteiger partial charge >= 0.3 is 0 Å². The molecule has 18 heavy (non-hydrogen) atoms. The van der Waals surface area contributed by atoms with E-state index in [2.05, 4.69) is 21.8 Å². The molecule has 1 aliphatic rings. The van der Waals surface area contributed by atoms with Crippen LogP contribution in [-0.4, -0.2) is 40.2 Å². The molecule has 1 aromatic rings. The van der Waals surface area contributed by atoms with Gasteiger partial charge in [-0.3, -0.25) is 5.10 Å². The fourth-order valence-electron chi connectivity index (χ4n) is 2.24. The molecule has 0 aliphatic carbocycles. The smallest absolute Gasteiger partial charge is 0.215 e. The number of H-pyrrole nitrogens is 1. The highest BCUT2D eigenvalue weighted by atomic mass is 32.2. The number of nitrogens with zero attached hydrogens (tertiary/aromatic N) is 3. The second-order valence-electron chi connectivity index (χ2n) is 4.39. The molecule has 0 aromatic carbocycles. The van der Waals surface area contributed by atoms with Crippen molar-refractivity contribution in [2.45, 2.75) is 31.7 Å². The van der Waals surface area contributed by atoms with Gasteiger partial charge in [0.25, 0.3) is 0 Å². The molecule has 1 aliphatic heterocycles. The lowest BCUT2D eigenvalue weighted by atomic mass is 10.0. The monoisotopic (exact) mass is 270 g/mol. The topological polar surface area (TPSA) is 79.0 Å². The van der Waals surface area contributed by atoms with E-state index >= 15 is 0 Å². The van der Waals surface area contributed by atoms with Crippen molar-refractivity contribution in [3.8, 4) is 0 Å². The number of nitrogens with one attached hydrogen (secondary N) is 1. The highest BCUT2D eigenvalue weighted by Crippen LogP contribution is 2.31. The van der Waals surface area contributed by atoms with Crippen LogP contribution in [0.2, 0.25) is 0 Å². The molecule has 0 bridgehead atoms. The maximum absolute atomic E-state index is 12.3. The molecular formula is C11H18N4O2S. The second kappa shape index (κ2) is 5.62. The average molecular weight is 270 g/mol.